The Morgan fingerprint density at radius 2 is 1.43 bits per heavy atom. The summed E-state index contributed by atoms with van der Waals surface area (Å²) in [4.78, 5) is 4.03. The third-order valence-electron chi connectivity index (χ3n) is 0.559. The fourth-order valence-corrected chi connectivity index (χ4v) is 0.130. The Bertz CT molecular complexity index is 121. The summed E-state index contributed by atoms with van der Waals surface area (Å²) in [5.41, 5.74) is 0. The molecule has 0 saturated carbocycles. The second-order valence-electron chi connectivity index (χ2n) is 1.85. The molecule has 2 nitrogen and oxygen atoms in total. The van der Waals surface area contributed by atoms with Gasteiger partial charge in [-0.1, -0.05) is 0 Å². The van der Waals surface area contributed by atoms with Crippen LogP contribution in [0.1, 0.15) is 0 Å². The maximum atomic E-state index is 8.20. The number of hydrogen-bond donors (Lipinski definition) is 0. The van der Waals surface area contributed by atoms with Gasteiger partial charge in [-0.25, -0.2) is 0 Å². The average Bonchev–Trinajstić information content (AvgIpc) is 1.68. The van der Waals surface area contributed by atoms with Gasteiger partial charge in [0.15, 0.2) is 0 Å². The summed E-state index contributed by atoms with van der Waals surface area (Å²) in [6.45, 7) is 0. The molecule has 0 heterocycles. The Kier molecular flexibility index (Phi) is 1.86. The molecule has 0 aromatic heterocycles. The van der Waals surface area contributed by atoms with Crippen LogP contribution in [0.15, 0.2) is 0 Å². The van der Waals surface area contributed by atoms with Crippen LogP contribution in [0.25, 0.3) is 0 Å². The van der Waals surface area contributed by atoms with Gasteiger partial charge in [-0.05, 0) is 0 Å². The van der Waals surface area contributed by atoms with E-state index >= 15 is 0 Å². The van der Waals surface area contributed by atoms with Gasteiger partial charge >= 0.3 is 45.1 Å². The van der Waals surface area contributed by atoms with E-state index in [9.17, 15) is 0 Å². The van der Waals surface area contributed by atoms with Crippen molar-refractivity contribution in [1.82, 2.24) is 0 Å². The van der Waals surface area contributed by atoms with E-state index in [0.717, 1.165) is 0 Å². The first-order chi connectivity index (χ1) is 3.12. The normalized spacial score (nSPS) is 9.14. The number of nitrogens with zero attached hydrogens (tertiary/aromatic N) is 2. The molecule has 0 fully saturated rings. The standard InChI is InChI=1S/C4H6GeN2/c1-5(2,3-6)4-7/h1-2H3. The zero-order valence-electron chi connectivity index (χ0n) is 4.39. The molecular weight excluding hydrogens is 149 g/mol. The van der Waals surface area contributed by atoms with E-state index in [0.29, 0.717) is 0 Å². The van der Waals surface area contributed by atoms with E-state index < -0.39 is 13.3 Å². The van der Waals surface area contributed by atoms with Crippen molar-refractivity contribution in [3.8, 4) is 9.80 Å². The summed E-state index contributed by atoms with van der Waals surface area (Å²) >= 11 is -2.47. The van der Waals surface area contributed by atoms with Crippen LogP contribution in [0.2, 0.25) is 11.5 Å². The Morgan fingerprint density at radius 3 is 1.43 bits per heavy atom. The van der Waals surface area contributed by atoms with E-state index in [2.05, 4.69) is 0 Å². The summed E-state index contributed by atoms with van der Waals surface area (Å²) < 4.78 is 0. The maximum absolute atomic E-state index is 8.20. The molecule has 0 aliphatic rings. The summed E-state index contributed by atoms with van der Waals surface area (Å²) in [6.07, 6.45) is 0. The van der Waals surface area contributed by atoms with Crippen LogP contribution in [0.4, 0.5) is 0 Å². The minimum atomic E-state index is -2.47. The molecule has 0 spiro atoms. The van der Waals surface area contributed by atoms with Gasteiger partial charge in [0.2, 0.25) is 0 Å². The quantitative estimate of drug-likeness (QED) is 0.485. The molecule has 0 unspecified atom stereocenters. The van der Waals surface area contributed by atoms with Crippen LogP contribution >= 0.6 is 0 Å². The number of rotatable bonds is 0. The van der Waals surface area contributed by atoms with Gasteiger partial charge in [0.25, 0.3) is 0 Å². The van der Waals surface area contributed by atoms with Crippen molar-refractivity contribution in [2.75, 3.05) is 0 Å². The Balaban J connectivity index is 4.00. The molecule has 0 radical (unpaired) electrons. The van der Waals surface area contributed by atoms with Crippen molar-refractivity contribution >= 4 is 13.3 Å². The van der Waals surface area contributed by atoms with E-state index in [1.165, 1.54) is 0 Å². The first kappa shape index (κ1) is 6.52. The Labute approximate surface area is 45.7 Å². The van der Waals surface area contributed by atoms with Gasteiger partial charge in [0, 0.05) is 0 Å². The predicted octanol–water partition coefficient (Wildman–Crippen LogP) is 0.820. The molecule has 7 heavy (non-hydrogen) atoms. The first-order valence-electron chi connectivity index (χ1n) is 1.95. The topological polar surface area (TPSA) is 47.6 Å². The summed E-state index contributed by atoms with van der Waals surface area (Å²) in [5.74, 6) is 3.53. The summed E-state index contributed by atoms with van der Waals surface area (Å²) in [7, 11) is 0. The average molecular weight is 155 g/mol. The minimum absolute atomic E-state index is 1.76. The molecular formula is C4H6GeN2. The zero-order valence-corrected chi connectivity index (χ0v) is 6.49. The van der Waals surface area contributed by atoms with Crippen molar-refractivity contribution in [3.63, 3.8) is 0 Å². The second kappa shape index (κ2) is 2.00. The molecule has 0 amide bonds. The van der Waals surface area contributed by atoms with Crippen molar-refractivity contribution in [2.24, 2.45) is 0 Å². The monoisotopic (exact) mass is 156 g/mol. The van der Waals surface area contributed by atoms with Crippen LogP contribution in [0.5, 0.6) is 0 Å². The third-order valence-corrected chi connectivity index (χ3v) is 2.90. The molecule has 36 valence electrons. The van der Waals surface area contributed by atoms with E-state index in [4.69, 9.17) is 10.5 Å². The van der Waals surface area contributed by atoms with Crippen molar-refractivity contribution < 1.29 is 0 Å². The van der Waals surface area contributed by atoms with Crippen molar-refractivity contribution in [2.45, 2.75) is 11.5 Å². The summed E-state index contributed by atoms with van der Waals surface area (Å²) in [5, 5.41) is 16.4. The molecule has 0 aromatic rings. The van der Waals surface area contributed by atoms with Gasteiger partial charge in [0.1, 0.15) is 0 Å². The van der Waals surface area contributed by atoms with Crippen LogP contribution in [0.3, 0.4) is 0 Å². The molecule has 0 N–H and O–H groups in total. The van der Waals surface area contributed by atoms with Gasteiger partial charge in [0.05, 0.1) is 0 Å². The Hall–Kier alpha value is -0.477. The molecule has 0 bridgehead atoms. The zero-order chi connectivity index (χ0) is 5.91. The van der Waals surface area contributed by atoms with Crippen molar-refractivity contribution in [1.29, 1.82) is 10.5 Å². The van der Waals surface area contributed by atoms with Crippen LogP contribution in [-0.4, -0.2) is 13.3 Å². The molecule has 0 aliphatic carbocycles. The third kappa shape index (κ3) is 2.25. The fourth-order valence-electron chi connectivity index (χ4n) is 0.0250. The van der Waals surface area contributed by atoms with Gasteiger partial charge < -0.3 is 0 Å². The van der Waals surface area contributed by atoms with E-state index in [1.54, 1.807) is 11.5 Å². The first-order valence-corrected chi connectivity index (χ1v) is 8.24. The van der Waals surface area contributed by atoms with Gasteiger partial charge in [-0.15, -0.1) is 0 Å². The summed E-state index contributed by atoms with van der Waals surface area (Å²) in [6, 6.07) is 0. The fraction of sp³-hybridized carbons (Fsp3) is 0.500. The SMILES string of the molecule is [CH3][Ge]([CH3])([C]#N)[C]#N. The van der Waals surface area contributed by atoms with Gasteiger partial charge in [-0.3, -0.25) is 0 Å². The van der Waals surface area contributed by atoms with Crippen LogP contribution in [-0.2, 0) is 0 Å². The Morgan fingerprint density at radius 1 is 1.14 bits per heavy atom. The molecule has 0 aliphatic heterocycles. The molecule has 0 saturated heterocycles. The molecule has 3 heteroatoms. The van der Waals surface area contributed by atoms with E-state index in [1.807, 2.05) is 9.80 Å². The molecule has 0 atom stereocenters. The van der Waals surface area contributed by atoms with Crippen LogP contribution in [0, 0.1) is 20.3 Å². The number of hydrogen-bond acceptors (Lipinski definition) is 2. The van der Waals surface area contributed by atoms with Crippen molar-refractivity contribution in [3.05, 3.63) is 0 Å². The molecule has 0 rings (SSSR count). The van der Waals surface area contributed by atoms with Gasteiger partial charge in [-0.2, -0.15) is 0 Å². The molecule has 0 aromatic carbocycles. The second-order valence-corrected chi connectivity index (χ2v) is 9.61. The van der Waals surface area contributed by atoms with E-state index in [-0.39, 0.29) is 0 Å². The predicted molar refractivity (Wildman–Crippen MR) is 28.7 cm³/mol. The van der Waals surface area contributed by atoms with Crippen LogP contribution < -0.4 is 0 Å². The number of nitriles is 2.